The number of anilines is 1. The Morgan fingerprint density at radius 1 is 0.967 bits per heavy atom. The summed E-state index contributed by atoms with van der Waals surface area (Å²) in [6.45, 7) is 4.02. The van der Waals surface area contributed by atoms with Crippen LogP contribution in [0.15, 0.2) is 30.3 Å². The van der Waals surface area contributed by atoms with Gasteiger partial charge in [-0.1, -0.05) is 38.0 Å². The van der Waals surface area contributed by atoms with E-state index in [4.69, 9.17) is 0 Å². The Morgan fingerprint density at radius 2 is 1.70 bits per heavy atom. The van der Waals surface area contributed by atoms with Crippen LogP contribution in [0.5, 0.6) is 0 Å². The number of urea groups is 1. The number of benzene rings is 1. The van der Waals surface area contributed by atoms with Crippen LogP contribution >= 0.6 is 0 Å². The highest BCUT2D eigenvalue weighted by Gasteiger charge is 2.34. The van der Waals surface area contributed by atoms with Crippen molar-refractivity contribution in [3.8, 4) is 0 Å². The van der Waals surface area contributed by atoms with E-state index in [-0.39, 0.29) is 30.4 Å². The SMILES string of the molecule is CCC(=O)NCC(=O)N1CCC(C2CCCCCN2C(=O)Nc2ccccc2)CC1. The first kappa shape index (κ1) is 22.1. The molecule has 2 aliphatic rings. The maximum atomic E-state index is 13.0. The predicted octanol–water partition coefficient (Wildman–Crippen LogP) is 3.23. The normalized spacial score (nSPS) is 20.4. The van der Waals surface area contributed by atoms with Crippen molar-refractivity contribution in [3.63, 3.8) is 0 Å². The molecule has 1 aromatic rings. The smallest absolute Gasteiger partial charge is 0.322 e. The number of rotatable bonds is 5. The minimum atomic E-state index is -0.100. The van der Waals surface area contributed by atoms with Crippen LogP contribution in [0.25, 0.3) is 0 Å². The van der Waals surface area contributed by atoms with E-state index in [1.807, 2.05) is 40.1 Å². The number of nitrogens with one attached hydrogen (secondary N) is 2. The van der Waals surface area contributed by atoms with E-state index < -0.39 is 0 Å². The lowest BCUT2D eigenvalue weighted by Gasteiger charge is -2.40. The van der Waals surface area contributed by atoms with Gasteiger partial charge in [0.15, 0.2) is 0 Å². The first-order chi connectivity index (χ1) is 14.6. The van der Waals surface area contributed by atoms with Gasteiger partial charge < -0.3 is 20.4 Å². The average molecular weight is 415 g/mol. The summed E-state index contributed by atoms with van der Waals surface area (Å²) in [6, 6.07) is 9.80. The van der Waals surface area contributed by atoms with E-state index in [2.05, 4.69) is 10.6 Å². The molecule has 164 valence electrons. The highest BCUT2D eigenvalue weighted by Crippen LogP contribution is 2.30. The summed E-state index contributed by atoms with van der Waals surface area (Å²) in [5.41, 5.74) is 0.819. The molecule has 3 rings (SSSR count). The lowest BCUT2D eigenvalue weighted by Crippen LogP contribution is -2.50. The molecule has 7 nitrogen and oxygen atoms in total. The molecule has 0 spiro atoms. The molecule has 2 saturated heterocycles. The zero-order chi connectivity index (χ0) is 21.3. The van der Waals surface area contributed by atoms with Gasteiger partial charge in [-0.3, -0.25) is 9.59 Å². The van der Waals surface area contributed by atoms with Gasteiger partial charge in [0, 0.05) is 37.8 Å². The van der Waals surface area contributed by atoms with Crippen LogP contribution in [-0.2, 0) is 9.59 Å². The van der Waals surface area contributed by atoms with E-state index in [0.717, 1.165) is 50.8 Å². The maximum absolute atomic E-state index is 13.0. The molecule has 0 aromatic heterocycles. The molecule has 1 atom stereocenters. The zero-order valence-electron chi connectivity index (χ0n) is 17.9. The topological polar surface area (TPSA) is 81.8 Å². The van der Waals surface area contributed by atoms with Crippen LogP contribution in [-0.4, -0.2) is 59.9 Å². The molecular weight excluding hydrogens is 380 g/mol. The molecule has 4 amide bonds. The zero-order valence-corrected chi connectivity index (χ0v) is 17.9. The van der Waals surface area contributed by atoms with Crippen LogP contribution in [0.3, 0.4) is 0 Å². The Labute approximate surface area is 179 Å². The van der Waals surface area contributed by atoms with Crippen molar-refractivity contribution >= 4 is 23.5 Å². The number of para-hydroxylation sites is 1. The summed E-state index contributed by atoms with van der Waals surface area (Å²) in [6.07, 6.45) is 6.53. The quantitative estimate of drug-likeness (QED) is 0.776. The number of carbonyl (C=O) groups is 3. The third kappa shape index (κ3) is 5.97. The standard InChI is InChI=1S/C23H34N4O3/c1-2-21(28)24-17-22(29)26-15-12-18(13-16-26)20-11-7-4-8-14-27(20)23(30)25-19-9-5-3-6-10-19/h3,5-6,9-10,18,20H,2,4,7-8,11-17H2,1H3,(H,24,28)(H,25,30). The van der Waals surface area contributed by atoms with Crippen molar-refractivity contribution in [2.45, 2.75) is 57.9 Å². The first-order valence-electron chi connectivity index (χ1n) is 11.3. The molecule has 30 heavy (non-hydrogen) atoms. The molecule has 2 fully saturated rings. The minimum absolute atomic E-state index is 0.0187. The number of piperidine rings is 1. The largest absolute Gasteiger partial charge is 0.347 e. The van der Waals surface area contributed by atoms with E-state index in [9.17, 15) is 14.4 Å². The fourth-order valence-corrected chi connectivity index (χ4v) is 4.54. The fourth-order valence-electron chi connectivity index (χ4n) is 4.54. The Bertz CT molecular complexity index is 716. The Balaban J connectivity index is 1.57. The number of hydrogen-bond acceptors (Lipinski definition) is 3. The molecule has 1 aromatic carbocycles. The summed E-state index contributed by atoms with van der Waals surface area (Å²) >= 11 is 0. The summed E-state index contributed by atoms with van der Waals surface area (Å²) in [4.78, 5) is 40.7. The van der Waals surface area contributed by atoms with Gasteiger partial charge in [0.1, 0.15) is 0 Å². The van der Waals surface area contributed by atoms with Gasteiger partial charge in [-0.15, -0.1) is 0 Å². The molecule has 2 heterocycles. The molecule has 2 N–H and O–H groups in total. The molecule has 0 aliphatic carbocycles. The Kier molecular flexibility index (Phi) is 8.11. The third-order valence-corrected chi connectivity index (χ3v) is 6.28. The predicted molar refractivity (Wildman–Crippen MR) is 117 cm³/mol. The first-order valence-corrected chi connectivity index (χ1v) is 11.3. The molecule has 1 unspecified atom stereocenters. The van der Waals surface area contributed by atoms with Gasteiger partial charge in [0.25, 0.3) is 0 Å². The van der Waals surface area contributed by atoms with Crippen LogP contribution < -0.4 is 10.6 Å². The van der Waals surface area contributed by atoms with Crippen LogP contribution in [0.4, 0.5) is 10.5 Å². The van der Waals surface area contributed by atoms with Gasteiger partial charge in [-0.25, -0.2) is 4.79 Å². The summed E-state index contributed by atoms with van der Waals surface area (Å²) in [5, 5.41) is 5.72. The van der Waals surface area contributed by atoms with E-state index in [0.29, 0.717) is 25.4 Å². The highest BCUT2D eigenvalue weighted by molar-refractivity contribution is 5.89. The molecular formula is C23H34N4O3. The molecule has 0 radical (unpaired) electrons. The number of nitrogens with zero attached hydrogens (tertiary/aromatic N) is 2. The van der Waals surface area contributed by atoms with Crippen molar-refractivity contribution in [1.29, 1.82) is 0 Å². The molecule has 0 bridgehead atoms. The molecule has 7 heteroatoms. The van der Waals surface area contributed by atoms with E-state index in [1.54, 1.807) is 6.92 Å². The second-order valence-corrected chi connectivity index (χ2v) is 8.25. The van der Waals surface area contributed by atoms with Gasteiger partial charge >= 0.3 is 6.03 Å². The van der Waals surface area contributed by atoms with Crippen LogP contribution in [0.2, 0.25) is 0 Å². The van der Waals surface area contributed by atoms with Gasteiger partial charge in [0.05, 0.1) is 6.54 Å². The lowest BCUT2D eigenvalue weighted by atomic mass is 9.86. The van der Waals surface area contributed by atoms with Gasteiger partial charge in [-0.05, 0) is 43.7 Å². The lowest BCUT2D eigenvalue weighted by molar-refractivity contribution is -0.134. The third-order valence-electron chi connectivity index (χ3n) is 6.28. The second kappa shape index (κ2) is 11.0. The Morgan fingerprint density at radius 3 is 2.40 bits per heavy atom. The Hall–Kier alpha value is -2.57. The summed E-state index contributed by atoms with van der Waals surface area (Å²) in [5.74, 6) is 0.283. The number of hydrogen-bond donors (Lipinski definition) is 2. The number of amides is 4. The average Bonchev–Trinajstić information content (AvgIpc) is 3.04. The van der Waals surface area contributed by atoms with Crippen molar-refractivity contribution in [3.05, 3.63) is 30.3 Å². The van der Waals surface area contributed by atoms with Crippen molar-refractivity contribution in [2.75, 3.05) is 31.5 Å². The molecule has 0 saturated carbocycles. The van der Waals surface area contributed by atoms with Crippen molar-refractivity contribution in [2.24, 2.45) is 5.92 Å². The van der Waals surface area contributed by atoms with Gasteiger partial charge in [-0.2, -0.15) is 0 Å². The van der Waals surface area contributed by atoms with Gasteiger partial charge in [0.2, 0.25) is 11.8 Å². The minimum Gasteiger partial charge on any atom is -0.347 e. The highest BCUT2D eigenvalue weighted by atomic mass is 16.2. The van der Waals surface area contributed by atoms with Crippen molar-refractivity contribution in [1.82, 2.24) is 15.1 Å². The second-order valence-electron chi connectivity index (χ2n) is 8.25. The monoisotopic (exact) mass is 414 g/mol. The fraction of sp³-hybridized carbons (Fsp3) is 0.609. The number of likely N-dealkylation sites (tertiary alicyclic amines) is 2. The van der Waals surface area contributed by atoms with E-state index >= 15 is 0 Å². The molecule has 2 aliphatic heterocycles. The number of carbonyl (C=O) groups excluding carboxylic acids is 3. The summed E-state index contributed by atoms with van der Waals surface area (Å²) < 4.78 is 0. The van der Waals surface area contributed by atoms with Crippen LogP contribution in [0, 0.1) is 5.92 Å². The van der Waals surface area contributed by atoms with E-state index in [1.165, 1.54) is 0 Å². The van der Waals surface area contributed by atoms with Crippen molar-refractivity contribution < 1.29 is 14.4 Å². The maximum Gasteiger partial charge on any atom is 0.322 e. The summed E-state index contributed by atoms with van der Waals surface area (Å²) in [7, 11) is 0. The van der Waals surface area contributed by atoms with Crippen LogP contribution in [0.1, 0.15) is 51.9 Å².